The standard InChI is InChI=1S/C12H24N2O/c1-9-3-5-14(11(7-9)8-13)12-4-6-15-10(12)2/h9-12H,3-8,13H2,1-2H3. The molecule has 88 valence electrons. The minimum Gasteiger partial charge on any atom is -0.377 e. The molecule has 2 heterocycles. The Labute approximate surface area is 93.0 Å². The van der Waals surface area contributed by atoms with E-state index in [2.05, 4.69) is 18.7 Å². The summed E-state index contributed by atoms with van der Waals surface area (Å²) < 4.78 is 5.66. The third-order valence-corrected chi connectivity index (χ3v) is 4.06. The van der Waals surface area contributed by atoms with Crippen molar-refractivity contribution >= 4 is 0 Å². The molecule has 4 unspecified atom stereocenters. The molecule has 0 aromatic carbocycles. The quantitative estimate of drug-likeness (QED) is 0.748. The summed E-state index contributed by atoms with van der Waals surface area (Å²) >= 11 is 0. The Morgan fingerprint density at radius 2 is 2.13 bits per heavy atom. The van der Waals surface area contributed by atoms with E-state index in [1.807, 2.05) is 0 Å². The van der Waals surface area contributed by atoms with Crippen molar-refractivity contribution in [3.8, 4) is 0 Å². The third kappa shape index (κ3) is 2.35. The van der Waals surface area contributed by atoms with Crippen LogP contribution in [0.1, 0.15) is 33.1 Å². The minimum absolute atomic E-state index is 0.396. The van der Waals surface area contributed by atoms with E-state index in [-0.39, 0.29) is 0 Å². The normalized spacial score (nSPS) is 43.4. The summed E-state index contributed by atoms with van der Waals surface area (Å²) in [5.41, 5.74) is 5.89. The molecule has 3 heteroatoms. The maximum Gasteiger partial charge on any atom is 0.0703 e. The topological polar surface area (TPSA) is 38.5 Å². The number of piperidine rings is 1. The van der Waals surface area contributed by atoms with E-state index in [1.165, 1.54) is 25.8 Å². The summed E-state index contributed by atoms with van der Waals surface area (Å²) in [6.07, 6.45) is 4.17. The van der Waals surface area contributed by atoms with Gasteiger partial charge in [0.05, 0.1) is 6.10 Å². The van der Waals surface area contributed by atoms with E-state index >= 15 is 0 Å². The lowest BCUT2D eigenvalue weighted by molar-refractivity contribution is 0.0289. The molecule has 0 aliphatic carbocycles. The molecule has 15 heavy (non-hydrogen) atoms. The number of nitrogens with zero attached hydrogens (tertiary/aromatic N) is 1. The molecule has 2 aliphatic heterocycles. The van der Waals surface area contributed by atoms with Crippen LogP contribution in [0.15, 0.2) is 0 Å². The maximum absolute atomic E-state index is 5.89. The van der Waals surface area contributed by atoms with E-state index in [0.29, 0.717) is 18.2 Å². The monoisotopic (exact) mass is 212 g/mol. The number of likely N-dealkylation sites (tertiary alicyclic amines) is 1. The Morgan fingerprint density at radius 1 is 1.33 bits per heavy atom. The number of rotatable bonds is 2. The van der Waals surface area contributed by atoms with Crippen molar-refractivity contribution in [2.45, 2.75) is 51.3 Å². The van der Waals surface area contributed by atoms with Crippen LogP contribution in [0.25, 0.3) is 0 Å². The summed E-state index contributed by atoms with van der Waals surface area (Å²) in [6.45, 7) is 7.47. The van der Waals surface area contributed by atoms with Gasteiger partial charge < -0.3 is 10.5 Å². The van der Waals surface area contributed by atoms with Gasteiger partial charge in [0.25, 0.3) is 0 Å². The van der Waals surface area contributed by atoms with Crippen LogP contribution >= 0.6 is 0 Å². The lowest BCUT2D eigenvalue weighted by atomic mass is 9.90. The number of nitrogens with two attached hydrogens (primary N) is 1. The van der Waals surface area contributed by atoms with Crippen molar-refractivity contribution in [3.63, 3.8) is 0 Å². The van der Waals surface area contributed by atoms with Gasteiger partial charge in [0.1, 0.15) is 0 Å². The predicted molar refractivity (Wildman–Crippen MR) is 61.8 cm³/mol. The smallest absolute Gasteiger partial charge is 0.0703 e. The Morgan fingerprint density at radius 3 is 2.73 bits per heavy atom. The summed E-state index contributed by atoms with van der Waals surface area (Å²) in [5, 5.41) is 0. The molecule has 0 spiro atoms. The second-order valence-corrected chi connectivity index (χ2v) is 5.19. The molecule has 0 radical (unpaired) electrons. The van der Waals surface area contributed by atoms with Crippen molar-refractivity contribution in [1.29, 1.82) is 0 Å². The molecular weight excluding hydrogens is 188 g/mol. The van der Waals surface area contributed by atoms with E-state index in [0.717, 1.165) is 19.1 Å². The van der Waals surface area contributed by atoms with Crippen molar-refractivity contribution in [2.24, 2.45) is 11.7 Å². The lowest BCUT2D eigenvalue weighted by Gasteiger charge is -2.42. The summed E-state index contributed by atoms with van der Waals surface area (Å²) in [7, 11) is 0. The first-order chi connectivity index (χ1) is 7.22. The molecule has 2 fully saturated rings. The first kappa shape index (κ1) is 11.4. The van der Waals surface area contributed by atoms with Crippen molar-refractivity contribution in [3.05, 3.63) is 0 Å². The second kappa shape index (κ2) is 4.81. The van der Waals surface area contributed by atoms with Crippen LogP contribution in [0.5, 0.6) is 0 Å². The lowest BCUT2D eigenvalue weighted by Crippen LogP contribution is -2.53. The highest BCUT2D eigenvalue weighted by Crippen LogP contribution is 2.29. The second-order valence-electron chi connectivity index (χ2n) is 5.19. The minimum atomic E-state index is 0.396. The third-order valence-electron chi connectivity index (χ3n) is 4.06. The fourth-order valence-electron chi connectivity index (χ4n) is 3.09. The molecular formula is C12H24N2O. The van der Waals surface area contributed by atoms with Gasteiger partial charge in [0.15, 0.2) is 0 Å². The van der Waals surface area contributed by atoms with Crippen molar-refractivity contribution in [2.75, 3.05) is 19.7 Å². The van der Waals surface area contributed by atoms with Gasteiger partial charge in [-0.25, -0.2) is 0 Å². The molecule has 2 N–H and O–H groups in total. The van der Waals surface area contributed by atoms with Crippen LogP contribution in [0.3, 0.4) is 0 Å². The zero-order chi connectivity index (χ0) is 10.8. The van der Waals surface area contributed by atoms with Crippen LogP contribution in [-0.2, 0) is 4.74 Å². The first-order valence-electron chi connectivity index (χ1n) is 6.29. The van der Waals surface area contributed by atoms with Crippen LogP contribution in [0, 0.1) is 5.92 Å². The molecule has 2 saturated heterocycles. The van der Waals surface area contributed by atoms with Gasteiger partial charge in [-0.05, 0) is 38.6 Å². The van der Waals surface area contributed by atoms with Crippen LogP contribution in [-0.4, -0.2) is 42.8 Å². The first-order valence-corrected chi connectivity index (χ1v) is 6.29. The molecule has 2 aliphatic rings. The van der Waals surface area contributed by atoms with E-state index < -0.39 is 0 Å². The highest BCUT2D eigenvalue weighted by atomic mass is 16.5. The van der Waals surface area contributed by atoms with Gasteiger partial charge >= 0.3 is 0 Å². The van der Waals surface area contributed by atoms with E-state index in [4.69, 9.17) is 10.5 Å². The molecule has 2 rings (SSSR count). The summed E-state index contributed by atoms with van der Waals surface area (Å²) in [4.78, 5) is 2.61. The van der Waals surface area contributed by atoms with Gasteiger partial charge in [-0.1, -0.05) is 6.92 Å². The SMILES string of the molecule is CC1CCN(C2CCOC2C)C(CN)C1. The van der Waals surface area contributed by atoms with Crippen molar-refractivity contribution in [1.82, 2.24) is 4.90 Å². The zero-order valence-electron chi connectivity index (χ0n) is 9.98. The Hall–Kier alpha value is -0.120. The predicted octanol–water partition coefficient (Wildman–Crippen LogP) is 1.22. The van der Waals surface area contributed by atoms with Gasteiger partial charge in [-0.2, -0.15) is 0 Å². The van der Waals surface area contributed by atoms with Crippen molar-refractivity contribution < 1.29 is 4.74 Å². The average Bonchev–Trinajstić information content (AvgIpc) is 2.64. The summed E-state index contributed by atoms with van der Waals surface area (Å²) in [5.74, 6) is 0.840. The van der Waals surface area contributed by atoms with E-state index in [1.54, 1.807) is 0 Å². The molecule has 0 bridgehead atoms. The molecule has 0 aromatic rings. The summed E-state index contributed by atoms with van der Waals surface area (Å²) in [6, 6.07) is 1.20. The largest absolute Gasteiger partial charge is 0.377 e. The van der Waals surface area contributed by atoms with Crippen LogP contribution in [0.4, 0.5) is 0 Å². The highest BCUT2D eigenvalue weighted by Gasteiger charge is 2.36. The fourth-order valence-corrected chi connectivity index (χ4v) is 3.09. The fraction of sp³-hybridized carbons (Fsp3) is 1.00. The zero-order valence-corrected chi connectivity index (χ0v) is 9.98. The number of ether oxygens (including phenoxy) is 1. The van der Waals surface area contributed by atoms with E-state index in [9.17, 15) is 0 Å². The molecule has 0 amide bonds. The van der Waals surface area contributed by atoms with Gasteiger partial charge in [0.2, 0.25) is 0 Å². The molecule has 3 nitrogen and oxygen atoms in total. The van der Waals surface area contributed by atoms with Gasteiger partial charge in [0, 0.05) is 25.2 Å². The molecule has 0 aromatic heterocycles. The Bertz CT molecular complexity index is 210. The average molecular weight is 212 g/mol. The van der Waals surface area contributed by atoms with Gasteiger partial charge in [-0.15, -0.1) is 0 Å². The maximum atomic E-state index is 5.89. The van der Waals surface area contributed by atoms with Crippen LogP contribution < -0.4 is 5.73 Å². The number of hydrogen-bond donors (Lipinski definition) is 1. The molecule has 4 atom stereocenters. The molecule has 0 saturated carbocycles. The Balaban J connectivity index is 2.00. The van der Waals surface area contributed by atoms with Crippen LogP contribution in [0.2, 0.25) is 0 Å². The van der Waals surface area contributed by atoms with Gasteiger partial charge in [-0.3, -0.25) is 4.90 Å². The number of hydrogen-bond acceptors (Lipinski definition) is 3. The Kier molecular flexibility index (Phi) is 3.65. The highest BCUT2D eigenvalue weighted by molar-refractivity contribution is 4.90.